The average Bonchev–Trinajstić information content (AvgIpc) is 2.50. The average molecular weight is 443 g/mol. The number of likely N-dealkylation sites (N-methyl/N-ethyl adjacent to an activating group) is 1. The van der Waals surface area contributed by atoms with Gasteiger partial charge in [0.2, 0.25) is 10.0 Å². The first-order valence-corrected chi connectivity index (χ1v) is 10.2. The first-order valence-electron chi connectivity index (χ1n) is 8.33. The van der Waals surface area contributed by atoms with Crippen LogP contribution in [-0.4, -0.2) is 69.5 Å². The molecule has 0 aliphatic carbocycles. The highest BCUT2D eigenvalue weighted by Crippen LogP contribution is 2.30. The number of esters is 1. The van der Waals surface area contributed by atoms with E-state index in [0.717, 1.165) is 22.5 Å². The molecular formula is C17H25ClF2N2O5S. The lowest BCUT2D eigenvalue weighted by atomic mass is 10.2. The van der Waals surface area contributed by atoms with Gasteiger partial charge in [-0.2, -0.15) is 13.1 Å². The zero-order valence-corrected chi connectivity index (χ0v) is 18.0. The van der Waals surface area contributed by atoms with Gasteiger partial charge in [-0.15, -0.1) is 0 Å². The van der Waals surface area contributed by atoms with Crippen molar-refractivity contribution in [3.8, 4) is 5.75 Å². The number of benzene rings is 1. The number of ether oxygens (including phenoxy) is 2. The molecule has 0 atom stereocenters. The fraction of sp³-hybridized carbons (Fsp3) is 0.588. The topological polar surface area (TPSA) is 76.2 Å². The molecule has 1 rings (SSSR count). The van der Waals surface area contributed by atoms with Crippen molar-refractivity contribution in [1.82, 2.24) is 9.21 Å². The molecule has 0 N–H and O–H groups in total. The van der Waals surface area contributed by atoms with Crippen LogP contribution in [0.15, 0.2) is 23.1 Å². The molecule has 0 bridgehead atoms. The fourth-order valence-electron chi connectivity index (χ4n) is 2.10. The Morgan fingerprint density at radius 2 is 1.82 bits per heavy atom. The third-order valence-electron chi connectivity index (χ3n) is 3.28. The van der Waals surface area contributed by atoms with E-state index in [1.165, 1.54) is 0 Å². The van der Waals surface area contributed by atoms with Crippen molar-refractivity contribution in [2.24, 2.45) is 0 Å². The number of halogens is 3. The van der Waals surface area contributed by atoms with Crippen LogP contribution in [0.3, 0.4) is 0 Å². The van der Waals surface area contributed by atoms with E-state index < -0.39 is 34.7 Å². The van der Waals surface area contributed by atoms with Crippen LogP contribution in [0.2, 0.25) is 5.02 Å². The number of carbonyl (C=O) groups excluding carboxylic acids is 1. The molecule has 1 aromatic carbocycles. The van der Waals surface area contributed by atoms with Crippen molar-refractivity contribution in [2.45, 2.75) is 37.9 Å². The summed E-state index contributed by atoms with van der Waals surface area (Å²) >= 11 is 5.86. The minimum atomic E-state index is -4.14. The van der Waals surface area contributed by atoms with Crippen LogP contribution in [0.5, 0.6) is 5.75 Å². The number of rotatable bonds is 9. The van der Waals surface area contributed by atoms with Crippen molar-refractivity contribution in [3.63, 3.8) is 0 Å². The lowest BCUT2D eigenvalue weighted by Gasteiger charge is -2.26. The maximum Gasteiger partial charge on any atom is 0.387 e. The molecule has 0 amide bonds. The van der Waals surface area contributed by atoms with Gasteiger partial charge in [0, 0.05) is 13.1 Å². The largest absolute Gasteiger partial charge is 0.459 e. The summed E-state index contributed by atoms with van der Waals surface area (Å²) in [6.07, 6.45) is 0. The highest BCUT2D eigenvalue weighted by Gasteiger charge is 2.29. The van der Waals surface area contributed by atoms with Gasteiger partial charge in [0.1, 0.15) is 17.9 Å². The Balaban J connectivity index is 3.15. The van der Waals surface area contributed by atoms with E-state index in [4.69, 9.17) is 16.3 Å². The quantitative estimate of drug-likeness (QED) is 0.547. The van der Waals surface area contributed by atoms with E-state index in [1.54, 1.807) is 39.8 Å². The second-order valence-corrected chi connectivity index (χ2v) is 9.54. The summed E-state index contributed by atoms with van der Waals surface area (Å²) in [5, 5.41) is -0.286. The van der Waals surface area contributed by atoms with E-state index in [9.17, 15) is 22.0 Å². The lowest BCUT2D eigenvalue weighted by Crippen LogP contribution is -2.41. The molecule has 0 saturated carbocycles. The predicted molar refractivity (Wildman–Crippen MR) is 101 cm³/mol. The number of alkyl halides is 2. The predicted octanol–water partition coefficient (Wildman–Crippen LogP) is 2.84. The molecule has 0 aliphatic heterocycles. The van der Waals surface area contributed by atoms with E-state index in [0.29, 0.717) is 6.54 Å². The molecule has 11 heteroatoms. The van der Waals surface area contributed by atoms with E-state index in [-0.39, 0.29) is 22.2 Å². The Bertz CT molecular complexity index is 782. The van der Waals surface area contributed by atoms with Gasteiger partial charge < -0.3 is 14.4 Å². The van der Waals surface area contributed by atoms with Crippen LogP contribution in [0, 0.1) is 0 Å². The maximum atomic E-state index is 13.0. The third-order valence-corrected chi connectivity index (χ3v) is 5.42. The zero-order valence-electron chi connectivity index (χ0n) is 16.4. The molecule has 160 valence electrons. The van der Waals surface area contributed by atoms with Crippen molar-refractivity contribution >= 4 is 27.6 Å². The standard InChI is InChI=1S/C17H25ClF2N2O5S/c1-17(2,3)27-15(23)11-22(9-8-21(4)5)28(24,25)12-6-7-14(13(18)10-12)26-16(19)20/h6-7,10,16H,8-9,11H2,1-5H3. The number of nitrogens with zero attached hydrogens (tertiary/aromatic N) is 2. The molecule has 0 aliphatic rings. The molecule has 0 radical (unpaired) electrons. The van der Waals surface area contributed by atoms with E-state index >= 15 is 0 Å². The highest BCUT2D eigenvalue weighted by atomic mass is 35.5. The Labute approximate surface area is 169 Å². The summed E-state index contributed by atoms with van der Waals surface area (Å²) in [5.41, 5.74) is -0.772. The number of hydrogen-bond donors (Lipinski definition) is 0. The summed E-state index contributed by atoms with van der Waals surface area (Å²) in [7, 11) is -0.626. The van der Waals surface area contributed by atoms with Crippen molar-refractivity contribution < 1.29 is 31.5 Å². The SMILES string of the molecule is CN(C)CCN(CC(=O)OC(C)(C)C)S(=O)(=O)c1ccc(OC(F)F)c(Cl)c1. The summed E-state index contributed by atoms with van der Waals surface area (Å²) in [6.45, 7) is 1.79. The molecule has 7 nitrogen and oxygen atoms in total. The second kappa shape index (κ2) is 9.82. The minimum Gasteiger partial charge on any atom is -0.459 e. The maximum absolute atomic E-state index is 13.0. The highest BCUT2D eigenvalue weighted by molar-refractivity contribution is 7.89. The van der Waals surface area contributed by atoms with Crippen LogP contribution in [-0.2, 0) is 19.6 Å². The fourth-order valence-corrected chi connectivity index (χ4v) is 3.79. The Morgan fingerprint density at radius 3 is 2.29 bits per heavy atom. The Morgan fingerprint density at radius 1 is 1.21 bits per heavy atom. The molecule has 1 aromatic rings. The van der Waals surface area contributed by atoms with Gasteiger partial charge in [0.15, 0.2) is 0 Å². The number of hydrogen-bond acceptors (Lipinski definition) is 6. The molecule has 28 heavy (non-hydrogen) atoms. The van der Waals surface area contributed by atoms with Crippen LogP contribution in [0.1, 0.15) is 20.8 Å². The van der Waals surface area contributed by atoms with E-state index in [1.807, 2.05) is 0 Å². The van der Waals surface area contributed by atoms with Crippen molar-refractivity contribution in [2.75, 3.05) is 33.7 Å². The molecule has 0 saturated heterocycles. The summed E-state index contributed by atoms with van der Waals surface area (Å²) in [4.78, 5) is 13.7. The van der Waals surface area contributed by atoms with Gasteiger partial charge in [-0.25, -0.2) is 8.42 Å². The van der Waals surface area contributed by atoms with Gasteiger partial charge in [-0.1, -0.05) is 11.6 Å². The Hall–Kier alpha value is -1.49. The smallest absolute Gasteiger partial charge is 0.387 e. The van der Waals surface area contributed by atoms with Crippen molar-refractivity contribution in [3.05, 3.63) is 23.2 Å². The second-order valence-electron chi connectivity index (χ2n) is 7.20. The van der Waals surface area contributed by atoms with Gasteiger partial charge >= 0.3 is 12.6 Å². The van der Waals surface area contributed by atoms with E-state index in [2.05, 4.69) is 4.74 Å². The monoisotopic (exact) mass is 442 g/mol. The third kappa shape index (κ3) is 7.86. The summed E-state index contributed by atoms with van der Waals surface area (Å²) in [6, 6.07) is 3.14. The lowest BCUT2D eigenvalue weighted by molar-refractivity contribution is -0.155. The Kier molecular flexibility index (Phi) is 8.61. The van der Waals surface area contributed by atoms with Gasteiger partial charge in [0.05, 0.1) is 9.92 Å². The van der Waals surface area contributed by atoms with Gasteiger partial charge in [0.25, 0.3) is 0 Å². The van der Waals surface area contributed by atoms with Crippen LogP contribution in [0.4, 0.5) is 8.78 Å². The van der Waals surface area contributed by atoms with Gasteiger partial charge in [-0.05, 0) is 53.1 Å². The first kappa shape index (κ1) is 24.5. The molecule has 0 spiro atoms. The molecule has 0 aromatic heterocycles. The summed E-state index contributed by atoms with van der Waals surface area (Å²) < 4.78 is 61.1. The van der Waals surface area contributed by atoms with Crippen LogP contribution in [0.25, 0.3) is 0 Å². The first-order chi connectivity index (χ1) is 12.7. The normalized spacial score (nSPS) is 12.7. The van der Waals surface area contributed by atoms with Crippen LogP contribution < -0.4 is 4.74 Å². The van der Waals surface area contributed by atoms with Crippen molar-refractivity contribution in [1.29, 1.82) is 0 Å². The molecule has 0 fully saturated rings. The molecule has 0 heterocycles. The van der Waals surface area contributed by atoms with Gasteiger partial charge in [-0.3, -0.25) is 4.79 Å². The molecule has 0 unspecified atom stereocenters. The number of sulfonamides is 1. The zero-order chi connectivity index (χ0) is 21.7. The van der Waals surface area contributed by atoms with Crippen LogP contribution >= 0.6 is 11.6 Å². The number of carbonyl (C=O) groups is 1. The molecular weight excluding hydrogens is 418 g/mol. The minimum absolute atomic E-state index is 0.0154. The summed E-state index contributed by atoms with van der Waals surface area (Å²) in [5.74, 6) is -1.05.